The van der Waals surface area contributed by atoms with Crippen molar-refractivity contribution < 1.29 is 13.2 Å². The summed E-state index contributed by atoms with van der Waals surface area (Å²) in [5.74, 6) is 0. The van der Waals surface area contributed by atoms with Crippen LogP contribution in [0.25, 0.3) is 0 Å². The minimum Gasteiger partial charge on any atom is -0.381 e. The second-order valence-corrected chi connectivity index (χ2v) is 5.82. The van der Waals surface area contributed by atoms with E-state index in [1.807, 2.05) is 0 Å². The molecule has 1 N–H and O–H groups in total. The molecule has 1 rings (SSSR count). The zero-order chi connectivity index (χ0) is 15.2. The van der Waals surface area contributed by atoms with E-state index in [2.05, 4.69) is 35.1 Å². The van der Waals surface area contributed by atoms with E-state index in [1.54, 1.807) is 0 Å². The first-order chi connectivity index (χ1) is 9.38. The Morgan fingerprint density at radius 1 is 1.15 bits per heavy atom. The average molecular weight is 352 g/mol. The molecule has 1 atom stereocenters. The third kappa shape index (κ3) is 5.35. The Bertz CT molecular complexity index is 418. The van der Waals surface area contributed by atoms with Crippen LogP contribution in [0.3, 0.4) is 0 Å². The molecule has 0 aromatic heterocycles. The summed E-state index contributed by atoms with van der Waals surface area (Å²) >= 11 is 3.22. The lowest BCUT2D eigenvalue weighted by molar-refractivity contribution is -0.137. The van der Waals surface area contributed by atoms with Crippen LogP contribution in [0, 0.1) is 0 Å². The zero-order valence-corrected chi connectivity index (χ0v) is 13.4. The molecule has 5 heteroatoms. The summed E-state index contributed by atoms with van der Waals surface area (Å²) in [5, 5.41) is 3.35. The third-order valence-electron chi connectivity index (χ3n) is 3.20. The summed E-state index contributed by atoms with van der Waals surface area (Å²) in [7, 11) is 0. The number of rotatable bonds is 7. The Kier molecular flexibility index (Phi) is 6.86. The van der Waals surface area contributed by atoms with Gasteiger partial charge in [-0.25, -0.2) is 0 Å². The van der Waals surface area contributed by atoms with Gasteiger partial charge >= 0.3 is 6.18 Å². The maximum Gasteiger partial charge on any atom is 0.416 e. The molecule has 114 valence electrons. The Morgan fingerprint density at radius 3 is 2.35 bits per heavy atom. The molecule has 0 fully saturated rings. The van der Waals surface area contributed by atoms with Crippen molar-refractivity contribution in [2.45, 2.75) is 58.2 Å². The molecule has 1 nitrogen and oxygen atoms in total. The van der Waals surface area contributed by atoms with E-state index in [-0.39, 0.29) is 0 Å². The molecule has 0 radical (unpaired) electrons. The predicted octanol–water partition coefficient (Wildman–Crippen LogP) is 6.24. The zero-order valence-electron chi connectivity index (χ0n) is 11.9. The molecule has 0 saturated heterocycles. The smallest absolute Gasteiger partial charge is 0.381 e. The Morgan fingerprint density at radius 2 is 1.85 bits per heavy atom. The van der Waals surface area contributed by atoms with Crippen LogP contribution in [0.1, 0.15) is 51.5 Å². The van der Waals surface area contributed by atoms with Gasteiger partial charge in [0.15, 0.2) is 0 Å². The van der Waals surface area contributed by atoms with Crippen LogP contribution >= 0.6 is 15.9 Å². The van der Waals surface area contributed by atoms with Crippen LogP contribution in [0.5, 0.6) is 0 Å². The van der Waals surface area contributed by atoms with E-state index in [4.69, 9.17) is 0 Å². The van der Waals surface area contributed by atoms with Crippen molar-refractivity contribution in [1.29, 1.82) is 0 Å². The van der Waals surface area contributed by atoms with Crippen LogP contribution in [0.15, 0.2) is 22.7 Å². The standard InChI is InChI=1S/C15H21BrF3N/c1-3-5-7-12(6-4-2)20-14-9-8-11(10-13(14)16)15(17,18)19/h8-10,12,20H,3-7H2,1-2H3. The summed E-state index contributed by atoms with van der Waals surface area (Å²) in [4.78, 5) is 0. The summed E-state index contributed by atoms with van der Waals surface area (Å²) in [6.07, 6.45) is 1.06. The first-order valence-electron chi connectivity index (χ1n) is 7.01. The average Bonchev–Trinajstić information content (AvgIpc) is 2.37. The number of hydrogen-bond donors (Lipinski definition) is 1. The molecular weight excluding hydrogens is 331 g/mol. The van der Waals surface area contributed by atoms with Crippen molar-refractivity contribution in [3.05, 3.63) is 28.2 Å². The fourth-order valence-corrected chi connectivity index (χ4v) is 2.61. The van der Waals surface area contributed by atoms with Crippen molar-refractivity contribution in [3.63, 3.8) is 0 Å². The second-order valence-electron chi connectivity index (χ2n) is 4.96. The van der Waals surface area contributed by atoms with Crippen LogP contribution in [0.2, 0.25) is 0 Å². The third-order valence-corrected chi connectivity index (χ3v) is 3.86. The number of nitrogens with one attached hydrogen (secondary N) is 1. The van der Waals surface area contributed by atoms with E-state index in [0.29, 0.717) is 10.5 Å². The van der Waals surface area contributed by atoms with Crippen LogP contribution in [-0.4, -0.2) is 6.04 Å². The van der Waals surface area contributed by atoms with Crippen molar-refractivity contribution in [2.24, 2.45) is 0 Å². The lowest BCUT2D eigenvalue weighted by Crippen LogP contribution is -2.19. The fraction of sp³-hybridized carbons (Fsp3) is 0.600. The van der Waals surface area contributed by atoms with E-state index in [9.17, 15) is 13.2 Å². The molecule has 0 amide bonds. The summed E-state index contributed by atoms with van der Waals surface area (Å²) in [5.41, 5.74) is 0.100. The van der Waals surface area contributed by atoms with Gasteiger partial charge in [-0.3, -0.25) is 0 Å². The Labute approximate surface area is 127 Å². The Hall–Kier alpha value is -0.710. The molecule has 0 aliphatic heterocycles. The molecule has 0 heterocycles. The maximum atomic E-state index is 12.6. The second kappa shape index (κ2) is 7.91. The molecule has 0 aliphatic carbocycles. The molecule has 0 saturated carbocycles. The minimum atomic E-state index is -4.30. The number of alkyl halides is 3. The van der Waals surface area contributed by atoms with Crippen molar-refractivity contribution in [3.8, 4) is 0 Å². The highest BCUT2D eigenvalue weighted by molar-refractivity contribution is 9.10. The molecule has 0 spiro atoms. The predicted molar refractivity (Wildman–Crippen MR) is 81.0 cm³/mol. The summed E-state index contributed by atoms with van der Waals surface area (Å²) in [6.45, 7) is 4.25. The fourth-order valence-electron chi connectivity index (χ4n) is 2.12. The molecule has 20 heavy (non-hydrogen) atoms. The van der Waals surface area contributed by atoms with Gasteiger partial charge in [-0.05, 0) is 47.0 Å². The van der Waals surface area contributed by atoms with Gasteiger partial charge in [-0.15, -0.1) is 0 Å². The monoisotopic (exact) mass is 351 g/mol. The van der Waals surface area contributed by atoms with E-state index >= 15 is 0 Å². The topological polar surface area (TPSA) is 12.0 Å². The van der Waals surface area contributed by atoms with Gasteiger partial charge in [-0.1, -0.05) is 33.1 Å². The van der Waals surface area contributed by atoms with Crippen molar-refractivity contribution in [2.75, 3.05) is 5.32 Å². The van der Waals surface area contributed by atoms with Gasteiger partial charge in [0.1, 0.15) is 0 Å². The highest BCUT2D eigenvalue weighted by Gasteiger charge is 2.30. The molecule has 0 bridgehead atoms. The molecule has 1 aromatic carbocycles. The van der Waals surface area contributed by atoms with E-state index in [0.717, 1.165) is 49.9 Å². The first kappa shape index (κ1) is 17.3. The number of benzene rings is 1. The normalized spacial score (nSPS) is 13.3. The number of unbranched alkanes of at least 4 members (excludes halogenated alkanes) is 1. The van der Waals surface area contributed by atoms with Crippen molar-refractivity contribution >= 4 is 21.6 Å². The van der Waals surface area contributed by atoms with Crippen LogP contribution in [0.4, 0.5) is 18.9 Å². The van der Waals surface area contributed by atoms with Gasteiger partial charge in [0.2, 0.25) is 0 Å². The quantitative estimate of drug-likeness (QED) is 0.613. The van der Waals surface area contributed by atoms with Gasteiger partial charge < -0.3 is 5.32 Å². The lowest BCUT2D eigenvalue weighted by Gasteiger charge is -2.20. The van der Waals surface area contributed by atoms with Gasteiger partial charge in [0.25, 0.3) is 0 Å². The van der Waals surface area contributed by atoms with Gasteiger partial charge in [0.05, 0.1) is 5.56 Å². The SMILES string of the molecule is CCCCC(CCC)Nc1ccc(C(F)(F)F)cc1Br. The van der Waals surface area contributed by atoms with Gasteiger partial charge in [-0.2, -0.15) is 13.2 Å². The highest BCUT2D eigenvalue weighted by Crippen LogP contribution is 2.34. The molecular formula is C15H21BrF3N. The van der Waals surface area contributed by atoms with E-state index in [1.165, 1.54) is 6.07 Å². The van der Waals surface area contributed by atoms with Crippen LogP contribution in [-0.2, 0) is 6.18 Å². The number of halogens is 4. The maximum absolute atomic E-state index is 12.6. The van der Waals surface area contributed by atoms with Crippen LogP contribution < -0.4 is 5.32 Å². The Balaban J connectivity index is 2.80. The largest absolute Gasteiger partial charge is 0.416 e. The van der Waals surface area contributed by atoms with E-state index < -0.39 is 11.7 Å². The first-order valence-corrected chi connectivity index (χ1v) is 7.81. The molecule has 0 aliphatic rings. The molecule has 1 unspecified atom stereocenters. The van der Waals surface area contributed by atoms with Gasteiger partial charge in [0, 0.05) is 16.2 Å². The lowest BCUT2D eigenvalue weighted by atomic mass is 10.0. The minimum absolute atomic E-state index is 0.313. The van der Waals surface area contributed by atoms with Crippen molar-refractivity contribution in [1.82, 2.24) is 0 Å². The highest BCUT2D eigenvalue weighted by atomic mass is 79.9. The number of hydrogen-bond acceptors (Lipinski definition) is 1. The summed E-state index contributed by atoms with van der Waals surface area (Å²) in [6, 6.07) is 4.07. The number of anilines is 1. The molecule has 1 aromatic rings. The summed E-state index contributed by atoms with van der Waals surface area (Å²) < 4.78 is 38.3.